The average molecular weight is 275 g/mol. The first-order valence-electron chi connectivity index (χ1n) is 7.16. The molecule has 2 fully saturated rings. The SMILES string of the molecule is COc1c(N)cccc1C(=O)NC1CCN(C2CC2)C1. The maximum atomic E-state index is 12.4. The zero-order valence-corrected chi connectivity index (χ0v) is 11.8. The molecule has 1 aliphatic carbocycles. The number of para-hydroxylation sites is 1. The van der Waals surface area contributed by atoms with Gasteiger partial charge in [0.25, 0.3) is 5.91 Å². The maximum Gasteiger partial charge on any atom is 0.255 e. The van der Waals surface area contributed by atoms with Crippen molar-refractivity contribution < 1.29 is 9.53 Å². The van der Waals surface area contributed by atoms with E-state index in [1.54, 1.807) is 18.2 Å². The number of nitrogens with two attached hydrogens (primary N) is 1. The lowest BCUT2D eigenvalue weighted by Gasteiger charge is -2.17. The first-order valence-corrected chi connectivity index (χ1v) is 7.16. The Bertz CT molecular complexity index is 514. The fraction of sp³-hybridized carbons (Fsp3) is 0.533. The van der Waals surface area contributed by atoms with Crippen LogP contribution < -0.4 is 15.8 Å². The first-order chi connectivity index (χ1) is 9.69. The number of ether oxygens (including phenoxy) is 1. The van der Waals surface area contributed by atoms with Crippen molar-refractivity contribution in [3.8, 4) is 5.75 Å². The smallest absolute Gasteiger partial charge is 0.255 e. The topological polar surface area (TPSA) is 67.6 Å². The highest BCUT2D eigenvalue weighted by Gasteiger charge is 2.35. The van der Waals surface area contributed by atoms with E-state index < -0.39 is 0 Å². The predicted molar refractivity (Wildman–Crippen MR) is 77.9 cm³/mol. The summed E-state index contributed by atoms with van der Waals surface area (Å²) in [5.41, 5.74) is 6.84. The number of likely N-dealkylation sites (tertiary alicyclic amines) is 1. The third kappa shape index (κ3) is 2.58. The Labute approximate surface area is 119 Å². The summed E-state index contributed by atoms with van der Waals surface area (Å²) in [4.78, 5) is 14.8. The Kier molecular flexibility index (Phi) is 3.53. The van der Waals surface area contributed by atoms with Crippen LogP contribution >= 0.6 is 0 Å². The molecule has 0 spiro atoms. The van der Waals surface area contributed by atoms with Crippen LogP contribution in [0.4, 0.5) is 5.69 Å². The number of hydrogen-bond donors (Lipinski definition) is 2. The summed E-state index contributed by atoms with van der Waals surface area (Å²) in [7, 11) is 1.53. The van der Waals surface area contributed by atoms with Gasteiger partial charge in [-0.25, -0.2) is 0 Å². The Balaban J connectivity index is 1.66. The monoisotopic (exact) mass is 275 g/mol. The molecule has 0 bridgehead atoms. The van der Waals surface area contributed by atoms with Crippen molar-refractivity contribution in [2.45, 2.75) is 31.3 Å². The van der Waals surface area contributed by atoms with Crippen molar-refractivity contribution in [3.63, 3.8) is 0 Å². The number of carbonyl (C=O) groups excluding carboxylic acids is 1. The van der Waals surface area contributed by atoms with Gasteiger partial charge in [-0.05, 0) is 31.4 Å². The normalized spacial score (nSPS) is 22.8. The molecule has 1 heterocycles. The molecule has 5 heteroatoms. The molecule has 3 N–H and O–H groups in total. The van der Waals surface area contributed by atoms with Crippen LogP contribution in [0.1, 0.15) is 29.6 Å². The lowest BCUT2D eigenvalue weighted by molar-refractivity contribution is 0.0934. The van der Waals surface area contributed by atoms with Crippen LogP contribution in [0.5, 0.6) is 5.75 Å². The Hall–Kier alpha value is -1.75. The van der Waals surface area contributed by atoms with Gasteiger partial charge in [0.05, 0.1) is 18.4 Å². The minimum Gasteiger partial charge on any atom is -0.494 e. The van der Waals surface area contributed by atoms with Gasteiger partial charge in [-0.2, -0.15) is 0 Å². The summed E-state index contributed by atoms with van der Waals surface area (Å²) in [5.74, 6) is 0.360. The molecule has 2 aliphatic rings. The van der Waals surface area contributed by atoms with Gasteiger partial charge < -0.3 is 15.8 Å². The zero-order valence-electron chi connectivity index (χ0n) is 11.8. The number of methoxy groups -OCH3 is 1. The second kappa shape index (κ2) is 5.32. The summed E-state index contributed by atoms with van der Waals surface area (Å²) in [6.45, 7) is 2.05. The molecule has 5 nitrogen and oxygen atoms in total. The molecule has 3 rings (SSSR count). The van der Waals surface area contributed by atoms with Crippen molar-refractivity contribution in [2.75, 3.05) is 25.9 Å². The van der Waals surface area contributed by atoms with Crippen LogP contribution in [0.25, 0.3) is 0 Å². The third-order valence-corrected chi connectivity index (χ3v) is 4.11. The van der Waals surface area contributed by atoms with Gasteiger partial charge in [-0.15, -0.1) is 0 Å². The molecular weight excluding hydrogens is 254 g/mol. The molecule has 1 atom stereocenters. The van der Waals surface area contributed by atoms with E-state index in [4.69, 9.17) is 10.5 Å². The van der Waals surface area contributed by atoms with Gasteiger partial charge >= 0.3 is 0 Å². The molecule has 1 aromatic rings. The quantitative estimate of drug-likeness (QED) is 0.811. The zero-order chi connectivity index (χ0) is 14.1. The van der Waals surface area contributed by atoms with Crippen molar-refractivity contribution in [1.29, 1.82) is 0 Å². The minimum atomic E-state index is -0.100. The average Bonchev–Trinajstić information content (AvgIpc) is 3.19. The highest BCUT2D eigenvalue weighted by Crippen LogP contribution is 2.30. The van der Waals surface area contributed by atoms with Crippen LogP contribution in [0, 0.1) is 0 Å². The lowest BCUT2D eigenvalue weighted by atomic mass is 10.1. The van der Waals surface area contributed by atoms with Crippen LogP contribution in [0.3, 0.4) is 0 Å². The van der Waals surface area contributed by atoms with Crippen molar-refractivity contribution in [3.05, 3.63) is 23.8 Å². The van der Waals surface area contributed by atoms with Gasteiger partial charge in [-0.1, -0.05) is 6.07 Å². The number of rotatable bonds is 4. The summed E-state index contributed by atoms with van der Waals surface area (Å²) < 4.78 is 5.23. The van der Waals surface area contributed by atoms with E-state index >= 15 is 0 Å². The number of benzene rings is 1. The molecule has 1 amide bonds. The highest BCUT2D eigenvalue weighted by molar-refractivity contribution is 5.98. The van der Waals surface area contributed by atoms with Crippen molar-refractivity contribution in [2.24, 2.45) is 0 Å². The highest BCUT2D eigenvalue weighted by atomic mass is 16.5. The Morgan fingerprint density at radius 2 is 2.20 bits per heavy atom. The second-order valence-corrected chi connectivity index (χ2v) is 5.61. The molecule has 1 saturated heterocycles. The van der Waals surface area contributed by atoms with E-state index in [1.165, 1.54) is 20.0 Å². The molecule has 20 heavy (non-hydrogen) atoms. The molecule has 1 aromatic carbocycles. The Morgan fingerprint density at radius 3 is 2.90 bits per heavy atom. The van der Waals surface area contributed by atoms with Crippen molar-refractivity contribution >= 4 is 11.6 Å². The molecule has 1 aliphatic heterocycles. The molecule has 108 valence electrons. The number of hydrogen-bond acceptors (Lipinski definition) is 4. The molecule has 0 aromatic heterocycles. The van der Waals surface area contributed by atoms with Crippen LogP contribution in [-0.4, -0.2) is 43.1 Å². The number of anilines is 1. The summed E-state index contributed by atoms with van der Waals surface area (Å²) in [6.07, 6.45) is 3.64. The number of amides is 1. The standard InChI is InChI=1S/C15H21N3O2/c1-20-14-12(3-2-4-13(14)16)15(19)17-10-7-8-18(9-10)11-5-6-11/h2-4,10-11H,5-9,16H2,1H3,(H,17,19). The summed E-state index contributed by atoms with van der Waals surface area (Å²) in [6, 6.07) is 6.25. The Morgan fingerprint density at radius 1 is 1.40 bits per heavy atom. The largest absolute Gasteiger partial charge is 0.494 e. The van der Waals surface area contributed by atoms with Gasteiger partial charge in [0.15, 0.2) is 5.75 Å². The first kappa shape index (κ1) is 13.2. The number of nitrogen functional groups attached to an aromatic ring is 1. The maximum absolute atomic E-state index is 12.4. The summed E-state index contributed by atoms with van der Waals surface area (Å²) >= 11 is 0. The minimum absolute atomic E-state index is 0.100. The van der Waals surface area contributed by atoms with Crippen LogP contribution in [0.15, 0.2) is 18.2 Å². The van der Waals surface area contributed by atoms with E-state index in [2.05, 4.69) is 10.2 Å². The molecular formula is C15H21N3O2. The van der Waals surface area contributed by atoms with Gasteiger partial charge in [0.1, 0.15) is 0 Å². The van der Waals surface area contributed by atoms with Gasteiger partial charge in [0.2, 0.25) is 0 Å². The molecule has 1 saturated carbocycles. The number of carbonyl (C=O) groups is 1. The van der Waals surface area contributed by atoms with Gasteiger partial charge in [0, 0.05) is 25.2 Å². The van der Waals surface area contributed by atoms with Crippen LogP contribution in [0.2, 0.25) is 0 Å². The fourth-order valence-electron chi connectivity index (χ4n) is 2.90. The van der Waals surface area contributed by atoms with Crippen LogP contribution in [-0.2, 0) is 0 Å². The van der Waals surface area contributed by atoms with E-state index in [-0.39, 0.29) is 11.9 Å². The van der Waals surface area contributed by atoms with Crippen molar-refractivity contribution in [1.82, 2.24) is 10.2 Å². The predicted octanol–water partition coefficient (Wildman–Crippen LogP) is 1.24. The third-order valence-electron chi connectivity index (χ3n) is 4.11. The van der Waals surface area contributed by atoms with E-state index in [9.17, 15) is 4.79 Å². The molecule has 1 unspecified atom stereocenters. The fourth-order valence-corrected chi connectivity index (χ4v) is 2.90. The number of nitrogens with one attached hydrogen (secondary N) is 1. The molecule has 0 radical (unpaired) electrons. The second-order valence-electron chi connectivity index (χ2n) is 5.61. The van der Waals surface area contributed by atoms with E-state index in [1.807, 2.05) is 0 Å². The van der Waals surface area contributed by atoms with E-state index in [0.717, 1.165) is 25.6 Å². The summed E-state index contributed by atoms with van der Waals surface area (Å²) in [5, 5.41) is 3.09. The number of nitrogens with zero attached hydrogens (tertiary/aromatic N) is 1. The van der Waals surface area contributed by atoms with Gasteiger partial charge in [-0.3, -0.25) is 9.69 Å². The van der Waals surface area contributed by atoms with E-state index in [0.29, 0.717) is 17.0 Å². The lowest BCUT2D eigenvalue weighted by Crippen LogP contribution is -2.37.